The van der Waals surface area contributed by atoms with Crippen molar-refractivity contribution in [2.45, 2.75) is 19.9 Å². The van der Waals surface area contributed by atoms with Gasteiger partial charge >= 0.3 is 0 Å². The van der Waals surface area contributed by atoms with E-state index in [1.807, 2.05) is 35.3 Å². The molecule has 102 valence electrons. The molecule has 0 fully saturated rings. The van der Waals surface area contributed by atoms with Gasteiger partial charge in [-0.2, -0.15) is 5.10 Å². The predicted molar refractivity (Wildman–Crippen MR) is 80.9 cm³/mol. The summed E-state index contributed by atoms with van der Waals surface area (Å²) in [5.41, 5.74) is 3.11. The molecule has 3 aromatic rings. The number of hydrogen-bond acceptors (Lipinski definition) is 3. The van der Waals surface area contributed by atoms with Crippen LogP contribution >= 0.6 is 0 Å². The van der Waals surface area contributed by atoms with E-state index < -0.39 is 0 Å². The highest BCUT2D eigenvalue weighted by Crippen LogP contribution is 2.19. The lowest BCUT2D eigenvalue weighted by Gasteiger charge is -2.05. The highest BCUT2D eigenvalue weighted by molar-refractivity contribution is 5.86. The summed E-state index contributed by atoms with van der Waals surface area (Å²) < 4.78 is 1.92. The normalized spacial score (nSPS) is 11.1. The maximum Gasteiger partial charge on any atom is 0.0766 e. The molecule has 1 N–H and O–H groups in total. The molecule has 3 rings (SSSR count). The zero-order valence-electron chi connectivity index (χ0n) is 11.6. The summed E-state index contributed by atoms with van der Waals surface area (Å²) in [5.74, 6) is 0. The van der Waals surface area contributed by atoms with Crippen molar-refractivity contribution in [1.29, 1.82) is 0 Å². The third-order valence-electron chi connectivity index (χ3n) is 3.25. The Morgan fingerprint density at radius 3 is 3.00 bits per heavy atom. The highest BCUT2D eigenvalue weighted by atomic mass is 15.3. The molecule has 2 aromatic heterocycles. The van der Waals surface area contributed by atoms with Crippen LogP contribution in [0.5, 0.6) is 0 Å². The second kappa shape index (κ2) is 5.84. The monoisotopic (exact) mass is 266 g/mol. The van der Waals surface area contributed by atoms with Gasteiger partial charge in [0.2, 0.25) is 0 Å². The molecule has 0 radical (unpaired) electrons. The molecule has 0 atom stereocenters. The Bertz CT molecular complexity index is 697. The average Bonchev–Trinajstić information content (AvgIpc) is 2.96. The molecular weight excluding hydrogens is 248 g/mol. The molecule has 4 heteroatoms. The molecule has 0 amide bonds. The van der Waals surface area contributed by atoms with Crippen LogP contribution in [0.1, 0.15) is 19.0 Å². The molecule has 0 aliphatic rings. The number of hydrogen-bond donors (Lipinski definition) is 1. The molecule has 0 saturated heterocycles. The van der Waals surface area contributed by atoms with Crippen molar-refractivity contribution in [3.8, 4) is 5.69 Å². The lowest BCUT2D eigenvalue weighted by molar-refractivity contribution is 0.657. The molecule has 0 spiro atoms. The van der Waals surface area contributed by atoms with Crippen LogP contribution in [-0.2, 0) is 6.54 Å². The summed E-state index contributed by atoms with van der Waals surface area (Å²) in [6, 6.07) is 12.2. The summed E-state index contributed by atoms with van der Waals surface area (Å²) in [4.78, 5) is 4.38. The molecule has 20 heavy (non-hydrogen) atoms. The Labute approximate surface area is 118 Å². The van der Waals surface area contributed by atoms with Crippen molar-refractivity contribution >= 4 is 10.9 Å². The summed E-state index contributed by atoms with van der Waals surface area (Å²) in [6.45, 7) is 3.99. The van der Waals surface area contributed by atoms with Gasteiger partial charge in [0.05, 0.1) is 16.9 Å². The van der Waals surface area contributed by atoms with Crippen LogP contribution in [0.25, 0.3) is 16.6 Å². The minimum atomic E-state index is 0.809. The smallest absolute Gasteiger partial charge is 0.0766 e. The Morgan fingerprint density at radius 2 is 2.10 bits per heavy atom. The first kappa shape index (κ1) is 12.8. The van der Waals surface area contributed by atoms with Gasteiger partial charge in [-0.15, -0.1) is 0 Å². The van der Waals surface area contributed by atoms with Crippen molar-refractivity contribution in [2.24, 2.45) is 0 Å². The van der Waals surface area contributed by atoms with Crippen LogP contribution in [0.3, 0.4) is 0 Å². The fraction of sp³-hybridized carbons (Fsp3) is 0.250. The number of benzene rings is 1. The summed E-state index contributed by atoms with van der Waals surface area (Å²) in [6.07, 6.45) is 4.95. The molecular formula is C16H18N4. The van der Waals surface area contributed by atoms with Crippen LogP contribution in [0.2, 0.25) is 0 Å². The van der Waals surface area contributed by atoms with E-state index in [4.69, 9.17) is 0 Å². The first-order chi connectivity index (χ1) is 9.88. The first-order valence-electron chi connectivity index (χ1n) is 6.98. The van der Waals surface area contributed by atoms with E-state index >= 15 is 0 Å². The number of nitrogens with one attached hydrogen (secondary N) is 1. The van der Waals surface area contributed by atoms with Crippen molar-refractivity contribution in [3.05, 3.63) is 54.5 Å². The van der Waals surface area contributed by atoms with E-state index in [2.05, 4.69) is 40.5 Å². The summed E-state index contributed by atoms with van der Waals surface area (Å²) >= 11 is 0. The van der Waals surface area contributed by atoms with E-state index in [1.165, 1.54) is 0 Å². The van der Waals surface area contributed by atoms with E-state index in [-0.39, 0.29) is 0 Å². The summed E-state index contributed by atoms with van der Waals surface area (Å²) in [5, 5.41) is 9.11. The van der Waals surface area contributed by atoms with Crippen LogP contribution < -0.4 is 5.32 Å². The number of pyridine rings is 1. The molecule has 0 bridgehead atoms. The number of aromatic nitrogens is 3. The minimum Gasteiger partial charge on any atom is -0.311 e. The minimum absolute atomic E-state index is 0.809. The number of nitrogens with zero attached hydrogens (tertiary/aromatic N) is 3. The van der Waals surface area contributed by atoms with Crippen LogP contribution in [-0.4, -0.2) is 21.3 Å². The Morgan fingerprint density at radius 1 is 1.15 bits per heavy atom. The van der Waals surface area contributed by atoms with Crippen LogP contribution in [0.15, 0.2) is 48.8 Å². The third kappa shape index (κ3) is 2.56. The van der Waals surface area contributed by atoms with Gasteiger partial charge in [-0.25, -0.2) is 4.68 Å². The predicted octanol–water partition coefficient (Wildman–Crippen LogP) is 2.92. The zero-order chi connectivity index (χ0) is 13.8. The van der Waals surface area contributed by atoms with Gasteiger partial charge in [0.15, 0.2) is 0 Å². The first-order valence-corrected chi connectivity index (χ1v) is 6.98. The van der Waals surface area contributed by atoms with E-state index in [9.17, 15) is 0 Å². The Hall–Kier alpha value is -2.20. The molecule has 4 nitrogen and oxygen atoms in total. The third-order valence-corrected chi connectivity index (χ3v) is 3.25. The second-order valence-electron chi connectivity index (χ2n) is 4.78. The molecule has 0 saturated carbocycles. The van der Waals surface area contributed by atoms with Crippen LogP contribution in [0, 0.1) is 0 Å². The lowest BCUT2D eigenvalue weighted by Crippen LogP contribution is -2.14. The van der Waals surface area contributed by atoms with Gasteiger partial charge in [-0.05, 0) is 43.3 Å². The maximum atomic E-state index is 4.63. The van der Waals surface area contributed by atoms with E-state index in [0.29, 0.717) is 0 Å². The largest absolute Gasteiger partial charge is 0.311 e. The molecule has 2 heterocycles. The standard InChI is InChI=1S/C16H18N4/c1-2-9-17-12-13-8-11-20(19-13)16-7-3-6-15-14(16)5-4-10-18-15/h3-8,10-11,17H,2,9,12H2,1H3. The number of rotatable bonds is 5. The van der Waals surface area contributed by atoms with Crippen molar-refractivity contribution in [3.63, 3.8) is 0 Å². The zero-order valence-corrected chi connectivity index (χ0v) is 11.6. The van der Waals surface area contributed by atoms with Crippen LogP contribution in [0.4, 0.5) is 0 Å². The van der Waals surface area contributed by atoms with Crippen molar-refractivity contribution < 1.29 is 0 Å². The van der Waals surface area contributed by atoms with Gasteiger partial charge in [0.25, 0.3) is 0 Å². The Kier molecular flexibility index (Phi) is 3.74. The molecule has 1 aromatic carbocycles. The van der Waals surface area contributed by atoms with Gasteiger partial charge in [-0.3, -0.25) is 4.98 Å². The quantitative estimate of drug-likeness (QED) is 0.722. The number of fused-ring (bicyclic) bond motifs is 1. The molecule has 0 aliphatic heterocycles. The van der Waals surface area contributed by atoms with Crippen molar-refractivity contribution in [1.82, 2.24) is 20.1 Å². The highest BCUT2D eigenvalue weighted by Gasteiger charge is 2.05. The van der Waals surface area contributed by atoms with E-state index in [0.717, 1.165) is 41.8 Å². The van der Waals surface area contributed by atoms with Gasteiger partial charge < -0.3 is 5.32 Å². The second-order valence-corrected chi connectivity index (χ2v) is 4.78. The lowest BCUT2D eigenvalue weighted by atomic mass is 10.2. The van der Waals surface area contributed by atoms with Gasteiger partial charge in [0.1, 0.15) is 0 Å². The average molecular weight is 266 g/mol. The SMILES string of the molecule is CCCNCc1ccn(-c2cccc3ncccc23)n1. The Balaban J connectivity index is 1.91. The molecule has 0 aliphatic carbocycles. The van der Waals surface area contributed by atoms with Gasteiger partial charge in [-0.1, -0.05) is 13.0 Å². The van der Waals surface area contributed by atoms with E-state index in [1.54, 1.807) is 0 Å². The maximum absolute atomic E-state index is 4.63. The summed E-state index contributed by atoms with van der Waals surface area (Å²) in [7, 11) is 0. The van der Waals surface area contributed by atoms with Gasteiger partial charge in [0, 0.05) is 24.3 Å². The fourth-order valence-electron chi connectivity index (χ4n) is 2.27. The molecule has 0 unspecified atom stereocenters. The topological polar surface area (TPSA) is 42.7 Å². The fourth-order valence-corrected chi connectivity index (χ4v) is 2.27. The van der Waals surface area contributed by atoms with Crippen molar-refractivity contribution in [2.75, 3.05) is 6.54 Å².